The molecule has 5 aromatic rings. The lowest BCUT2D eigenvalue weighted by Crippen LogP contribution is -2.35. The summed E-state index contributed by atoms with van der Waals surface area (Å²) in [7, 11) is 0. The fraction of sp³-hybridized carbons (Fsp3) is 0.355. The Kier molecular flexibility index (Phi) is 7.11. The van der Waals surface area contributed by atoms with E-state index < -0.39 is 6.04 Å². The maximum Gasteiger partial charge on any atom is 0.253 e. The van der Waals surface area contributed by atoms with Crippen molar-refractivity contribution >= 4 is 10.9 Å². The van der Waals surface area contributed by atoms with Crippen LogP contribution in [0.4, 0.5) is 0 Å². The zero-order chi connectivity index (χ0) is 26.8. The third-order valence-electron chi connectivity index (χ3n) is 7.83. The highest BCUT2D eigenvalue weighted by Crippen LogP contribution is 2.35. The van der Waals surface area contributed by atoms with E-state index in [-0.39, 0.29) is 11.6 Å². The molecule has 200 valence electrons. The largest absolute Gasteiger partial charge is 0.468 e. The smallest absolute Gasteiger partial charge is 0.253 e. The first kappa shape index (κ1) is 25.2. The molecule has 1 aliphatic carbocycles. The highest BCUT2D eigenvalue weighted by atomic mass is 16.3. The summed E-state index contributed by atoms with van der Waals surface area (Å²) < 4.78 is 7.78. The number of fused-ring (bicyclic) bond motifs is 1. The van der Waals surface area contributed by atoms with Crippen LogP contribution in [0.3, 0.4) is 0 Å². The molecule has 1 saturated carbocycles. The fourth-order valence-corrected chi connectivity index (χ4v) is 6.03. The molecule has 3 heterocycles. The summed E-state index contributed by atoms with van der Waals surface area (Å²) in [6.45, 7) is 5.20. The number of benzene rings is 2. The van der Waals surface area contributed by atoms with Gasteiger partial charge in [-0.15, -0.1) is 5.10 Å². The third-order valence-corrected chi connectivity index (χ3v) is 7.83. The van der Waals surface area contributed by atoms with Crippen molar-refractivity contribution in [2.45, 2.75) is 71.1 Å². The Morgan fingerprint density at radius 1 is 1.03 bits per heavy atom. The molecule has 0 spiro atoms. The standard InChI is InChI=1S/C31H34N6O2/c1-21-16-22(2)28-24(17-21)18-27(31(38)32-28)29(30-33-34-35-37(30)25-12-7-4-8-13-25)36(20-26-14-9-15-39-26)19-23-10-5-3-6-11-23/h3,5-6,9-11,14-18,25,29H,4,7-8,12-13,19-20H2,1-2H3,(H,32,38)/t29-/m1/s1. The van der Waals surface area contributed by atoms with Crippen LogP contribution in [0.15, 0.2) is 76.1 Å². The van der Waals surface area contributed by atoms with Crippen molar-refractivity contribution in [2.75, 3.05) is 0 Å². The molecule has 0 bridgehead atoms. The van der Waals surface area contributed by atoms with Gasteiger partial charge in [-0.3, -0.25) is 9.69 Å². The summed E-state index contributed by atoms with van der Waals surface area (Å²) in [5.74, 6) is 1.51. The molecule has 0 aliphatic heterocycles. The van der Waals surface area contributed by atoms with E-state index in [9.17, 15) is 4.79 Å². The number of rotatable bonds is 8. The lowest BCUT2D eigenvalue weighted by Gasteiger charge is -2.32. The van der Waals surface area contributed by atoms with Crippen LogP contribution >= 0.6 is 0 Å². The SMILES string of the molecule is Cc1cc(C)c2[nH]c(=O)c([C@H](c3nnnn3C3CCCCC3)N(Cc3ccccc3)Cc3ccco3)cc2c1. The summed E-state index contributed by atoms with van der Waals surface area (Å²) in [5.41, 5.74) is 4.69. The van der Waals surface area contributed by atoms with Gasteiger partial charge in [-0.25, -0.2) is 4.68 Å². The van der Waals surface area contributed by atoms with Gasteiger partial charge in [0.2, 0.25) is 0 Å². The lowest BCUT2D eigenvalue weighted by atomic mass is 9.94. The molecule has 3 aromatic heterocycles. The molecule has 0 amide bonds. The molecule has 1 fully saturated rings. The van der Waals surface area contributed by atoms with E-state index in [1.54, 1.807) is 6.26 Å². The zero-order valence-electron chi connectivity index (χ0n) is 22.5. The average molecular weight is 523 g/mol. The van der Waals surface area contributed by atoms with E-state index in [1.807, 2.05) is 48.0 Å². The molecule has 6 rings (SSSR count). The Bertz CT molecular complexity index is 1600. The van der Waals surface area contributed by atoms with Gasteiger partial charge in [0.25, 0.3) is 5.56 Å². The topological polar surface area (TPSA) is 92.8 Å². The molecule has 2 aromatic carbocycles. The molecule has 8 heteroatoms. The highest BCUT2D eigenvalue weighted by molar-refractivity contribution is 5.83. The average Bonchev–Trinajstić information content (AvgIpc) is 3.63. The second-order valence-electron chi connectivity index (χ2n) is 10.7. The molecule has 0 unspecified atom stereocenters. The van der Waals surface area contributed by atoms with Gasteiger partial charge in [0.15, 0.2) is 5.82 Å². The number of pyridine rings is 1. The number of hydrogen-bond donors (Lipinski definition) is 1. The van der Waals surface area contributed by atoms with Gasteiger partial charge in [-0.2, -0.15) is 0 Å². The number of aromatic nitrogens is 5. The molecular formula is C31H34N6O2. The first-order valence-electron chi connectivity index (χ1n) is 13.8. The van der Waals surface area contributed by atoms with Gasteiger partial charge >= 0.3 is 0 Å². The van der Waals surface area contributed by atoms with Crippen LogP contribution in [-0.2, 0) is 13.1 Å². The Labute approximate surface area is 227 Å². The number of nitrogens with zero attached hydrogens (tertiary/aromatic N) is 5. The minimum atomic E-state index is -0.485. The van der Waals surface area contributed by atoms with Crippen LogP contribution in [0.1, 0.15) is 78.0 Å². The minimum absolute atomic E-state index is 0.129. The van der Waals surface area contributed by atoms with Crippen LogP contribution in [-0.4, -0.2) is 30.1 Å². The van der Waals surface area contributed by atoms with E-state index in [2.05, 4.69) is 56.6 Å². The number of aryl methyl sites for hydroxylation is 2. The number of tetrazole rings is 1. The summed E-state index contributed by atoms with van der Waals surface area (Å²) in [4.78, 5) is 19.3. The Morgan fingerprint density at radius 3 is 2.62 bits per heavy atom. The Morgan fingerprint density at radius 2 is 1.85 bits per heavy atom. The summed E-state index contributed by atoms with van der Waals surface area (Å²) >= 11 is 0. The second-order valence-corrected chi connectivity index (χ2v) is 10.7. The van der Waals surface area contributed by atoms with Gasteiger partial charge < -0.3 is 9.40 Å². The number of hydrogen-bond acceptors (Lipinski definition) is 6. The summed E-state index contributed by atoms with van der Waals surface area (Å²) in [6, 6.07) is 20.1. The monoisotopic (exact) mass is 522 g/mol. The van der Waals surface area contributed by atoms with E-state index >= 15 is 0 Å². The number of furan rings is 1. The van der Waals surface area contributed by atoms with Gasteiger partial charge in [-0.1, -0.05) is 61.2 Å². The molecule has 0 radical (unpaired) electrons. The number of H-pyrrole nitrogens is 1. The van der Waals surface area contributed by atoms with Crippen molar-refractivity contribution in [1.82, 2.24) is 30.1 Å². The van der Waals surface area contributed by atoms with Crippen LogP contribution in [0, 0.1) is 13.8 Å². The third kappa shape index (κ3) is 5.29. The minimum Gasteiger partial charge on any atom is -0.468 e. The van der Waals surface area contributed by atoms with Crippen LogP contribution in [0.25, 0.3) is 10.9 Å². The predicted molar refractivity (Wildman–Crippen MR) is 150 cm³/mol. The molecule has 1 aliphatic rings. The predicted octanol–water partition coefficient (Wildman–Crippen LogP) is 6.02. The Hall–Kier alpha value is -4.04. The molecular weight excluding hydrogens is 488 g/mol. The highest BCUT2D eigenvalue weighted by Gasteiger charge is 2.33. The molecule has 39 heavy (non-hydrogen) atoms. The van der Waals surface area contributed by atoms with E-state index in [0.29, 0.717) is 24.5 Å². The van der Waals surface area contributed by atoms with Crippen LogP contribution in [0.2, 0.25) is 0 Å². The first-order chi connectivity index (χ1) is 19.1. The van der Waals surface area contributed by atoms with Crippen molar-refractivity contribution in [2.24, 2.45) is 0 Å². The van der Waals surface area contributed by atoms with Gasteiger partial charge in [0.05, 0.1) is 24.4 Å². The quantitative estimate of drug-likeness (QED) is 0.268. The molecule has 1 atom stereocenters. The second kappa shape index (κ2) is 11.0. The zero-order valence-corrected chi connectivity index (χ0v) is 22.5. The van der Waals surface area contributed by atoms with E-state index in [0.717, 1.165) is 59.0 Å². The number of aromatic amines is 1. The maximum absolute atomic E-state index is 13.9. The van der Waals surface area contributed by atoms with Crippen molar-refractivity contribution in [3.8, 4) is 0 Å². The van der Waals surface area contributed by atoms with Gasteiger partial charge in [0.1, 0.15) is 11.8 Å². The van der Waals surface area contributed by atoms with Crippen LogP contribution in [0.5, 0.6) is 0 Å². The van der Waals surface area contributed by atoms with Gasteiger partial charge in [0, 0.05) is 12.1 Å². The fourth-order valence-electron chi connectivity index (χ4n) is 6.03. The molecule has 8 nitrogen and oxygen atoms in total. The number of nitrogens with one attached hydrogen (secondary N) is 1. The van der Waals surface area contributed by atoms with E-state index in [4.69, 9.17) is 4.42 Å². The molecule has 0 saturated heterocycles. The normalized spacial score (nSPS) is 15.3. The van der Waals surface area contributed by atoms with Crippen LogP contribution < -0.4 is 5.56 Å². The molecule has 1 N–H and O–H groups in total. The summed E-state index contributed by atoms with van der Waals surface area (Å²) in [5, 5.41) is 14.2. The van der Waals surface area contributed by atoms with Gasteiger partial charge in [-0.05, 0) is 77.9 Å². The maximum atomic E-state index is 13.9. The van der Waals surface area contributed by atoms with Crippen molar-refractivity contribution in [3.63, 3.8) is 0 Å². The first-order valence-corrected chi connectivity index (χ1v) is 13.8. The Balaban J connectivity index is 1.54. The van der Waals surface area contributed by atoms with Crippen molar-refractivity contribution in [3.05, 3.63) is 111 Å². The van der Waals surface area contributed by atoms with Crippen molar-refractivity contribution in [1.29, 1.82) is 0 Å². The van der Waals surface area contributed by atoms with Crippen molar-refractivity contribution < 1.29 is 4.42 Å². The van der Waals surface area contributed by atoms with E-state index in [1.165, 1.54) is 6.42 Å². The summed E-state index contributed by atoms with van der Waals surface area (Å²) in [6.07, 6.45) is 7.31. The lowest BCUT2D eigenvalue weighted by molar-refractivity contribution is 0.173.